The third-order valence-electron chi connectivity index (χ3n) is 2.52. The Bertz CT molecular complexity index is 223. The second-order valence-electron chi connectivity index (χ2n) is 3.94. The quantitative estimate of drug-likeness (QED) is 0.500. The van der Waals surface area contributed by atoms with Crippen LogP contribution in [0.25, 0.3) is 0 Å². The van der Waals surface area contributed by atoms with Crippen LogP contribution in [-0.2, 0) is 9.47 Å². The summed E-state index contributed by atoms with van der Waals surface area (Å²) < 4.78 is 10.8. The number of nitrogens with zero attached hydrogens (tertiary/aromatic N) is 1. The van der Waals surface area contributed by atoms with Crippen LogP contribution in [0.1, 0.15) is 12.8 Å². The van der Waals surface area contributed by atoms with Gasteiger partial charge in [0.05, 0.1) is 25.9 Å². The van der Waals surface area contributed by atoms with Gasteiger partial charge < -0.3 is 20.1 Å². The van der Waals surface area contributed by atoms with Crippen LogP contribution in [0.5, 0.6) is 0 Å². The van der Waals surface area contributed by atoms with Crippen molar-refractivity contribution >= 4 is 5.96 Å². The minimum absolute atomic E-state index is 0.150. The zero-order valence-electron chi connectivity index (χ0n) is 9.16. The average molecular weight is 213 g/mol. The summed E-state index contributed by atoms with van der Waals surface area (Å²) in [4.78, 5) is 4.15. The van der Waals surface area contributed by atoms with Gasteiger partial charge in [-0.05, 0) is 12.8 Å². The molecule has 1 aliphatic heterocycles. The van der Waals surface area contributed by atoms with Gasteiger partial charge in [-0.2, -0.15) is 0 Å². The highest BCUT2D eigenvalue weighted by Crippen LogP contribution is 2.18. The summed E-state index contributed by atoms with van der Waals surface area (Å²) in [6.07, 6.45) is 2.66. The van der Waals surface area contributed by atoms with Crippen LogP contribution < -0.4 is 10.6 Å². The van der Waals surface area contributed by atoms with Crippen molar-refractivity contribution in [1.82, 2.24) is 10.6 Å². The van der Waals surface area contributed by atoms with Crippen LogP contribution in [0.4, 0.5) is 0 Å². The Balaban J connectivity index is 1.65. The van der Waals surface area contributed by atoms with E-state index in [0.717, 1.165) is 12.5 Å². The largest absolute Gasteiger partial charge is 0.376 e. The van der Waals surface area contributed by atoms with Gasteiger partial charge in [0.25, 0.3) is 0 Å². The van der Waals surface area contributed by atoms with Crippen molar-refractivity contribution in [2.75, 3.05) is 33.4 Å². The molecule has 0 aromatic carbocycles. The van der Waals surface area contributed by atoms with Gasteiger partial charge in [-0.15, -0.1) is 0 Å². The standard InChI is InChI=1S/C10H19N3O2/c1-11-10(13-8-2-3-8)12-6-9-7-14-4-5-15-9/h8-9H,2-7H2,1H3,(H2,11,12,13). The molecule has 0 radical (unpaired) electrons. The first-order valence-electron chi connectivity index (χ1n) is 5.55. The Morgan fingerprint density at radius 1 is 1.40 bits per heavy atom. The lowest BCUT2D eigenvalue weighted by atomic mass is 10.3. The highest BCUT2D eigenvalue weighted by atomic mass is 16.6. The van der Waals surface area contributed by atoms with E-state index in [1.54, 1.807) is 7.05 Å². The first-order valence-corrected chi connectivity index (χ1v) is 5.55. The van der Waals surface area contributed by atoms with Crippen molar-refractivity contribution in [2.45, 2.75) is 25.0 Å². The SMILES string of the molecule is CN=C(NCC1COCCO1)NC1CC1. The molecule has 5 heteroatoms. The van der Waals surface area contributed by atoms with Gasteiger partial charge in [0.2, 0.25) is 0 Å². The highest BCUT2D eigenvalue weighted by Gasteiger charge is 2.22. The maximum atomic E-state index is 5.52. The molecule has 2 fully saturated rings. The Kier molecular flexibility index (Phi) is 3.80. The predicted octanol–water partition coefficient (Wildman–Crippen LogP) is -0.271. The summed E-state index contributed by atoms with van der Waals surface area (Å²) in [5.41, 5.74) is 0. The summed E-state index contributed by atoms with van der Waals surface area (Å²) in [6.45, 7) is 2.84. The number of hydrogen-bond acceptors (Lipinski definition) is 3. The molecule has 2 N–H and O–H groups in total. The van der Waals surface area contributed by atoms with Crippen molar-refractivity contribution < 1.29 is 9.47 Å². The maximum Gasteiger partial charge on any atom is 0.191 e. The zero-order valence-corrected chi connectivity index (χ0v) is 9.16. The normalized spacial score (nSPS) is 27.5. The number of hydrogen-bond donors (Lipinski definition) is 2. The topological polar surface area (TPSA) is 54.9 Å². The van der Waals surface area contributed by atoms with E-state index in [2.05, 4.69) is 15.6 Å². The van der Waals surface area contributed by atoms with E-state index in [1.807, 2.05) is 0 Å². The molecule has 0 aromatic heterocycles. The first-order chi connectivity index (χ1) is 7.38. The first kappa shape index (κ1) is 10.7. The van der Waals surface area contributed by atoms with Gasteiger partial charge in [0.1, 0.15) is 0 Å². The Morgan fingerprint density at radius 3 is 2.87 bits per heavy atom. The zero-order chi connectivity index (χ0) is 10.5. The summed E-state index contributed by atoms with van der Waals surface area (Å²) >= 11 is 0. The molecule has 0 aromatic rings. The molecule has 15 heavy (non-hydrogen) atoms. The molecule has 1 saturated heterocycles. The summed E-state index contributed by atoms with van der Waals surface area (Å²) in [5.74, 6) is 0.867. The van der Waals surface area contributed by atoms with Crippen molar-refractivity contribution in [3.8, 4) is 0 Å². The molecule has 0 bridgehead atoms. The van der Waals surface area contributed by atoms with Gasteiger partial charge in [-0.3, -0.25) is 4.99 Å². The van der Waals surface area contributed by atoms with Crippen LogP contribution in [0.2, 0.25) is 0 Å². The molecule has 1 saturated carbocycles. The van der Waals surface area contributed by atoms with E-state index in [4.69, 9.17) is 9.47 Å². The van der Waals surface area contributed by atoms with Gasteiger partial charge >= 0.3 is 0 Å². The number of rotatable bonds is 3. The second kappa shape index (κ2) is 5.32. The van der Waals surface area contributed by atoms with Crippen molar-refractivity contribution in [1.29, 1.82) is 0 Å². The predicted molar refractivity (Wildman–Crippen MR) is 58.1 cm³/mol. The van der Waals surface area contributed by atoms with E-state index >= 15 is 0 Å². The molecule has 1 atom stereocenters. The third kappa shape index (κ3) is 3.68. The van der Waals surface area contributed by atoms with E-state index < -0.39 is 0 Å². The Hall–Kier alpha value is -0.810. The molecular formula is C10H19N3O2. The second-order valence-corrected chi connectivity index (χ2v) is 3.94. The molecule has 2 rings (SSSR count). The van der Waals surface area contributed by atoms with Gasteiger partial charge in [0, 0.05) is 19.6 Å². The monoisotopic (exact) mass is 213 g/mol. The Labute approximate surface area is 90.2 Å². The molecule has 86 valence electrons. The third-order valence-corrected chi connectivity index (χ3v) is 2.52. The summed E-state index contributed by atoms with van der Waals surface area (Å²) in [7, 11) is 1.79. The average Bonchev–Trinajstić information content (AvgIpc) is 3.09. The highest BCUT2D eigenvalue weighted by molar-refractivity contribution is 5.80. The fourth-order valence-corrected chi connectivity index (χ4v) is 1.48. The number of aliphatic imine (C=N–C) groups is 1. The molecule has 2 aliphatic rings. The van der Waals surface area contributed by atoms with E-state index in [9.17, 15) is 0 Å². The van der Waals surface area contributed by atoms with Crippen molar-refractivity contribution in [3.63, 3.8) is 0 Å². The van der Waals surface area contributed by atoms with Crippen LogP contribution in [-0.4, -0.2) is 51.5 Å². The van der Waals surface area contributed by atoms with Crippen LogP contribution >= 0.6 is 0 Å². The molecule has 1 unspecified atom stereocenters. The number of ether oxygens (including phenoxy) is 2. The molecule has 1 heterocycles. The van der Waals surface area contributed by atoms with E-state index in [-0.39, 0.29) is 6.10 Å². The molecule has 5 nitrogen and oxygen atoms in total. The fraction of sp³-hybridized carbons (Fsp3) is 0.900. The van der Waals surface area contributed by atoms with Crippen LogP contribution in [0.3, 0.4) is 0 Å². The van der Waals surface area contributed by atoms with Gasteiger partial charge in [0.15, 0.2) is 5.96 Å². The molecular weight excluding hydrogens is 194 g/mol. The minimum atomic E-state index is 0.150. The lowest BCUT2D eigenvalue weighted by Gasteiger charge is -2.23. The smallest absolute Gasteiger partial charge is 0.191 e. The molecule has 0 spiro atoms. The fourth-order valence-electron chi connectivity index (χ4n) is 1.48. The summed E-state index contributed by atoms with van der Waals surface area (Å²) in [6, 6.07) is 0.625. The number of nitrogens with one attached hydrogen (secondary N) is 2. The number of guanidine groups is 1. The lowest BCUT2D eigenvalue weighted by molar-refractivity contribution is -0.0850. The van der Waals surface area contributed by atoms with E-state index in [0.29, 0.717) is 25.9 Å². The van der Waals surface area contributed by atoms with Crippen molar-refractivity contribution in [3.05, 3.63) is 0 Å². The van der Waals surface area contributed by atoms with Crippen LogP contribution in [0, 0.1) is 0 Å². The van der Waals surface area contributed by atoms with Crippen molar-refractivity contribution in [2.24, 2.45) is 4.99 Å². The van der Waals surface area contributed by atoms with Gasteiger partial charge in [-0.25, -0.2) is 0 Å². The van der Waals surface area contributed by atoms with Gasteiger partial charge in [-0.1, -0.05) is 0 Å². The maximum absolute atomic E-state index is 5.52. The Morgan fingerprint density at radius 2 is 2.27 bits per heavy atom. The molecule has 1 aliphatic carbocycles. The van der Waals surface area contributed by atoms with Crippen LogP contribution in [0.15, 0.2) is 4.99 Å². The summed E-state index contributed by atoms with van der Waals surface area (Å²) in [5, 5.41) is 6.57. The van der Waals surface area contributed by atoms with E-state index in [1.165, 1.54) is 12.8 Å². The molecule has 0 amide bonds. The minimum Gasteiger partial charge on any atom is -0.376 e. The lowest BCUT2D eigenvalue weighted by Crippen LogP contribution is -2.45.